The normalized spacial score (nSPS) is 13.7. The maximum absolute atomic E-state index is 12.6. The molecule has 0 unspecified atom stereocenters. The maximum atomic E-state index is 12.6. The number of benzene rings is 1. The molecule has 3 heterocycles. The fraction of sp³-hybridized carbons (Fsp3) is 0.300. The van der Waals surface area contributed by atoms with Gasteiger partial charge in [-0.25, -0.2) is 14.6 Å². The van der Waals surface area contributed by atoms with E-state index >= 15 is 0 Å². The zero-order valence-electron chi connectivity index (χ0n) is 15.3. The molecule has 2 aromatic heterocycles. The second kappa shape index (κ2) is 7.57. The third-order valence-corrected chi connectivity index (χ3v) is 4.78. The van der Waals surface area contributed by atoms with E-state index in [9.17, 15) is 4.79 Å². The molecule has 1 N–H and O–H groups in total. The van der Waals surface area contributed by atoms with Crippen LogP contribution in [-0.4, -0.2) is 38.7 Å². The first-order valence-corrected chi connectivity index (χ1v) is 9.17. The van der Waals surface area contributed by atoms with Gasteiger partial charge in [0.15, 0.2) is 0 Å². The third kappa shape index (κ3) is 3.67. The Balaban J connectivity index is 1.44. The molecule has 27 heavy (non-hydrogen) atoms. The number of anilines is 1. The number of carbonyl (C=O) groups excluding carboxylic acids is 1. The average Bonchev–Trinajstić information content (AvgIpc) is 3.37. The van der Waals surface area contributed by atoms with Crippen molar-refractivity contribution in [2.24, 2.45) is 0 Å². The summed E-state index contributed by atoms with van der Waals surface area (Å²) in [6, 6.07) is 11.7. The van der Waals surface area contributed by atoms with Crippen LogP contribution in [0.25, 0.3) is 5.69 Å². The lowest BCUT2D eigenvalue weighted by Gasteiger charge is -2.16. The molecule has 4 rings (SSSR count). The van der Waals surface area contributed by atoms with Crippen LogP contribution in [0.1, 0.15) is 34.7 Å². The molecule has 1 fully saturated rings. The first kappa shape index (κ1) is 17.2. The standard InChI is InChI=1S/C20H22N6O/c1-15-17(13-23-26(15)16-7-3-2-4-8-16)20(27)22-14-18-21-10-9-19(24-18)25-11-5-6-12-25/h2-4,7-10,13H,5-6,11-12,14H2,1H3,(H,22,27). The summed E-state index contributed by atoms with van der Waals surface area (Å²) in [5.74, 6) is 1.37. The summed E-state index contributed by atoms with van der Waals surface area (Å²) in [4.78, 5) is 23.7. The van der Waals surface area contributed by atoms with E-state index in [1.807, 2.05) is 43.3 Å². The molecule has 7 nitrogen and oxygen atoms in total. The van der Waals surface area contributed by atoms with Gasteiger partial charge in [-0.2, -0.15) is 5.10 Å². The lowest BCUT2D eigenvalue weighted by molar-refractivity contribution is 0.0949. The zero-order valence-corrected chi connectivity index (χ0v) is 15.3. The number of hydrogen-bond donors (Lipinski definition) is 1. The van der Waals surface area contributed by atoms with Gasteiger partial charge in [-0.3, -0.25) is 4.79 Å². The number of rotatable bonds is 5. The summed E-state index contributed by atoms with van der Waals surface area (Å²) in [5, 5.41) is 7.25. The van der Waals surface area contributed by atoms with Crippen molar-refractivity contribution in [3.63, 3.8) is 0 Å². The largest absolute Gasteiger partial charge is 0.357 e. The van der Waals surface area contributed by atoms with Gasteiger partial charge in [0.05, 0.1) is 29.7 Å². The Morgan fingerprint density at radius 3 is 2.70 bits per heavy atom. The first-order valence-electron chi connectivity index (χ1n) is 9.17. The summed E-state index contributed by atoms with van der Waals surface area (Å²) in [5.41, 5.74) is 2.27. The van der Waals surface area contributed by atoms with Crippen molar-refractivity contribution in [3.8, 4) is 5.69 Å². The molecule has 7 heteroatoms. The molecule has 1 aliphatic heterocycles. The van der Waals surface area contributed by atoms with E-state index < -0.39 is 0 Å². The van der Waals surface area contributed by atoms with Gasteiger partial charge in [-0.1, -0.05) is 18.2 Å². The van der Waals surface area contributed by atoms with Crippen LogP contribution in [0.5, 0.6) is 0 Å². The quantitative estimate of drug-likeness (QED) is 0.755. The Morgan fingerprint density at radius 2 is 1.93 bits per heavy atom. The maximum Gasteiger partial charge on any atom is 0.255 e. The number of amides is 1. The highest BCUT2D eigenvalue weighted by Crippen LogP contribution is 2.17. The van der Waals surface area contributed by atoms with Crippen molar-refractivity contribution in [3.05, 3.63) is 65.9 Å². The number of nitrogens with one attached hydrogen (secondary N) is 1. The molecule has 1 amide bonds. The summed E-state index contributed by atoms with van der Waals surface area (Å²) in [6.07, 6.45) is 5.74. The SMILES string of the molecule is Cc1c(C(=O)NCc2nccc(N3CCCC3)n2)cnn1-c1ccccc1. The van der Waals surface area contributed by atoms with Crippen LogP contribution in [0.2, 0.25) is 0 Å². The molecule has 3 aromatic rings. The molecule has 0 saturated carbocycles. The Labute approximate surface area is 158 Å². The van der Waals surface area contributed by atoms with Crippen LogP contribution in [0.3, 0.4) is 0 Å². The molecule has 0 radical (unpaired) electrons. The van der Waals surface area contributed by atoms with Crippen molar-refractivity contribution in [1.29, 1.82) is 0 Å². The van der Waals surface area contributed by atoms with E-state index in [0.717, 1.165) is 30.3 Å². The summed E-state index contributed by atoms with van der Waals surface area (Å²) in [6.45, 7) is 4.23. The van der Waals surface area contributed by atoms with E-state index in [-0.39, 0.29) is 12.5 Å². The van der Waals surface area contributed by atoms with Gasteiger partial charge in [0.25, 0.3) is 5.91 Å². The summed E-state index contributed by atoms with van der Waals surface area (Å²) in [7, 11) is 0. The molecule has 1 aromatic carbocycles. The number of carbonyl (C=O) groups is 1. The van der Waals surface area contributed by atoms with Gasteiger partial charge >= 0.3 is 0 Å². The molecular weight excluding hydrogens is 340 g/mol. The minimum Gasteiger partial charge on any atom is -0.357 e. The molecule has 0 aliphatic carbocycles. The van der Waals surface area contributed by atoms with Gasteiger partial charge in [0, 0.05) is 19.3 Å². The van der Waals surface area contributed by atoms with Crippen molar-refractivity contribution in [2.45, 2.75) is 26.3 Å². The Hall–Kier alpha value is -3.22. The van der Waals surface area contributed by atoms with Crippen LogP contribution in [0.4, 0.5) is 5.82 Å². The zero-order chi connectivity index (χ0) is 18.6. The van der Waals surface area contributed by atoms with Crippen LogP contribution in [0, 0.1) is 6.92 Å². The second-order valence-electron chi connectivity index (χ2n) is 6.60. The third-order valence-electron chi connectivity index (χ3n) is 4.78. The van der Waals surface area contributed by atoms with Gasteiger partial charge in [-0.15, -0.1) is 0 Å². The average molecular weight is 362 g/mol. The van der Waals surface area contributed by atoms with Gasteiger partial charge < -0.3 is 10.2 Å². The van der Waals surface area contributed by atoms with Crippen LogP contribution in [0.15, 0.2) is 48.8 Å². The second-order valence-corrected chi connectivity index (χ2v) is 6.60. The summed E-state index contributed by atoms with van der Waals surface area (Å²) < 4.78 is 1.76. The molecular formula is C20H22N6O. The van der Waals surface area contributed by atoms with E-state index in [0.29, 0.717) is 11.4 Å². The number of para-hydroxylation sites is 1. The van der Waals surface area contributed by atoms with Crippen molar-refractivity contribution >= 4 is 11.7 Å². The molecule has 0 spiro atoms. The van der Waals surface area contributed by atoms with Crippen LogP contribution >= 0.6 is 0 Å². The Morgan fingerprint density at radius 1 is 1.15 bits per heavy atom. The van der Waals surface area contributed by atoms with Gasteiger partial charge in [-0.05, 0) is 38.0 Å². The molecule has 0 atom stereocenters. The number of aromatic nitrogens is 4. The van der Waals surface area contributed by atoms with E-state index in [2.05, 4.69) is 25.3 Å². The highest BCUT2D eigenvalue weighted by molar-refractivity contribution is 5.95. The van der Waals surface area contributed by atoms with Crippen LogP contribution in [-0.2, 0) is 6.54 Å². The van der Waals surface area contributed by atoms with Crippen molar-refractivity contribution in [2.75, 3.05) is 18.0 Å². The number of nitrogens with zero attached hydrogens (tertiary/aromatic N) is 5. The lowest BCUT2D eigenvalue weighted by atomic mass is 10.2. The van der Waals surface area contributed by atoms with Crippen LogP contribution < -0.4 is 10.2 Å². The monoisotopic (exact) mass is 362 g/mol. The molecule has 1 saturated heterocycles. The van der Waals surface area contributed by atoms with Crippen molar-refractivity contribution < 1.29 is 4.79 Å². The number of hydrogen-bond acceptors (Lipinski definition) is 5. The fourth-order valence-corrected chi connectivity index (χ4v) is 3.31. The molecule has 1 aliphatic rings. The predicted octanol–water partition coefficient (Wildman–Crippen LogP) is 2.50. The smallest absolute Gasteiger partial charge is 0.255 e. The van der Waals surface area contributed by atoms with E-state index in [1.165, 1.54) is 12.8 Å². The topological polar surface area (TPSA) is 75.9 Å². The predicted molar refractivity (Wildman–Crippen MR) is 103 cm³/mol. The summed E-state index contributed by atoms with van der Waals surface area (Å²) >= 11 is 0. The fourth-order valence-electron chi connectivity index (χ4n) is 3.31. The van der Waals surface area contributed by atoms with E-state index in [1.54, 1.807) is 17.1 Å². The molecule has 138 valence electrons. The first-order chi connectivity index (χ1) is 13.2. The Bertz CT molecular complexity index is 931. The highest BCUT2D eigenvalue weighted by Gasteiger charge is 2.17. The van der Waals surface area contributed by atoms with Gasteiger partial charge in [0.2, 0.25) is 0 Å². The van der Waals surface area contributed by atoms with E-state index in [4.69, 9.17) is 0 Å². The minimum absolute atomic E-state index is 0.176. The minimum atomic E-state index is -0.176. The molecule has 0 bridgehead atoms. The highest BCUT2D eigenvalue weighted by atomic mass is 16.1. The van der Waals surface area contributed by atoms with Crippen molar-refractivity contribution in [1.82, 2.24) is 25.1 Å². The Kier molecular flexibility index (Phi) is 4.82. The van der Waals surface area contributed by atoms with Gasteiger partial charge in [0.1, 0.15) is 11.6 Å². The lowest BCUT2D eigenvalue weighted by Crippen LogP contribution is -2.25.